The van der Waals surface area contributed by atoms with Crippen molar-refractivity contribution in [2.45, 2.75) is 50.1 Å². The van der Waals surface area contributed by atoms with Gasteiger partial charge in [0.25, 0.3) is 0 Å². The van der Waals surface area contributed by atoms with Crippen molar-refractivity contribution in [2.75, 3.05) is 44.2 Å². The van der Waals surface area contributed by atoms with Crippen molar-refractivity contribution in [3.05, 3.63) is 21.7 Å². The van der Waals surface area contributed by atoms with Crippen LogP contribution in [0, 0.1) is 11.6 Å². The lowest BCUT2D eigenvalue weighted by atomic mass is 9.95. The maximum absolute atomic E-state index is 15.2. The molecule has 1 aromatic carbocycles. The summed E-state index contributed by atoms with van der Waals surface area (Å²) in [7, 11) is 0. The van der Waals surface area contributed by atoms with Crippen LogP contribution in [0.4, 0.5) is 14.6 Å². The number of nitrogens with zero attached hydrogens (tertiary/aromatic N) is 4. The minimum atomic E-state index is -0.681. The summed E-state index contributed by atoms with van der Waals surface area (Å²) < 4.78 is 36.3. The van der Waals surface area contributed by atoms with Gasteiger partial charge in [-0.3, -0.25) is 4.90 Å². The molecule has 9 heteroatoms. The smallest absolute Gasteiger partial charge is 0.319 e. The van der Waals surface area contributed by atoms with Crippen LogP contribution >= 0.6 is 15.9 Å². The first-order valence-corrected chi connectivity index (χ1v) is 12.1. The Hall–Kier alpha value is -1.58. The van der Waals surface area contributed by atoms with Gasteiger partial charge < -0.3 is 15.0 Å². The standard InChI is InChI=1S/C22H26BrF2N5O/c23-16-17(24)14-4-3-13-11-26-7-10-30(13)20-15(14)19(18(16)25)27-21(28-20)31-12-22-5-1-8-29(22)9-2-6-22/h13,26H,1-12H2/t13-/m1/s1. The molecule has 2 aromatic rings. The van der Waals surface area contributed by atoms with E-state index in [9.17, 15) is 0 Å². The number of anilines is 1. The first kappa shape index (κ1) is 20.1. The molecule has 166 valence electrons. The van der Waals surface area contributed by atoms with Crippen LogP contribution in [0.25, 0.3) is 10.9 Å². The van der Waals surface area contributed by atoms with E-state index < -0.39 is 11.6 Å². The highest BCUT2D eigenvalue weighted by Gasteiger charge is 2.45. The van der Waals surface area contributed by atoms with E-state index in [0.717, 1.165) is 52.0 Å². The number of aromatic nitrogens is 2. The van der Waals surface area contributed by atoms with E-state index in [0.29, 0.717) is 29.8 Å². The Labute approximate surface area is 188 Å². The molecule has 4 aliphatic rings. The maximum Gasteiger partial charge on any atom is 0.319 e. The topological polar surface area (TPSA) is 53.5 Å². The Morgan fingerprint density at radius 3 is 2.74 bits per heavy atom. The van der Waals surface area contributed by atoms with E-state index in [2.05, 4.69) is 36.0 Å². The largest absolute Gasteiger partial charge is 0.461 e. The summed E-state index contributed by atoms with van der Waals surface area (Å²) in [5.74, 6) is -0.612. The molecule has 0 bridgehead atoms. The van der Waals surface area contributed by atoms with Crippen molar-refractivity contribution in [3.8, 4) is 6.01 Å². The molecule has 31 heavy (non-hydrogen) atoms. The van der Waals surface area contributed by atoms with Gasteiger partial charge in [0.1, 0.15) is 23.8 Å². The summed E-state index contributed by atoms with van der Waals surface area (Å²) in [6.45, 7) is 5.10. The Balaban J connectivity index is 1.46. The predicted octanol–water partition coefficient (Wildman–Crippen LogP) is 3.40. The molecule has 0 spiro atoms. The van der Waals surface area contributed by atoms with E-state index in [4.69, 9.17) is 9.72 Å². The van der Waals surface area contributed by atoms with E-state index in [1.54, 1.807) is 0 Å². The van der Waals surface area contributed by atoms with Gasteiger partial charge in [-0.25, -0.2) is 8.78 Å². The lowest BCUT2D eigenvalue weighted by Gasteiger charge is -2.36. The molecule has 0 saturated carbocycles. The zero-order valence-corrected chi connectivity index (χ0v) is 19.0. The molecule has 6 nitrogen and oxygen atoms in total. The minimum Gasteiger partial charge on any atom is -0.461 e. The lowest BCUT2D eigenvalue weighted by molar-refractivity contribution is 0.108. The fourth-order valence-electron chi connectivity index (χ4n) is 6.08. The molecule has 0 unspecified atom stereocenters. The van der Waals surface area contributed by atoms with Crippen molar-refractivity contribution in [1.29, 1.82) is 0 Å². The molecule has 0 amide bonds. The van der Waals surface area contributed by atoms with Gasteiger partial charge in [-0.05, 0) is 67.5 Å². The molecule has 3 fully saturated rings. The second kappa shape index (κ2) is 7.49. The van der Waals surface area contributed by atoms with Crippen LogP contribution < -0.4 is 15.0 Å². The van der Waals surface area contributed by atoms with Gasteiger partial charge >= 0.3 is 6.01 Å². The first-order chi connectivity index (χ1) is 15.1. The Morgan fingerprint density at radius 1 is 1.13 bits per heavy atom. The Kier molecular flexibility index (Phi) is 4.84. The second-order valence-electron chi connectivity index (χ2n) is 9.27. The predicted molar refractivity (Wildman–Crippen MR) is 118 cm³/mol. The molecule has 3 saturated heterocycles. The molecule has 0 aliphatic carbocycles. The van der Waals surface area contributed by atoms with Crippen LogP contribution in [-0.4, -0.2) is 65.8 Å². The number of rotatable bonds is 3. The van der Waals surface area contributed by atoms with Crippen molar-refractivity contribution in [3.63, 3.8) is 0 Å². The number of benzene rings is 1. The summed E-state index contributed by atoms with van der Waals surface area (Å²) in [5, 5.41) is 3.91. The van der Waals surface area contributed by atoms with Crippen molar-refractivity contribution >= 4 is 32.7 Å². The fourth-order valence-corrected chi connectivity index (χ4v) is 6.51. The van der Waals surface area contributed by atoms with Gasteiger partial charge in [0, 0.05) is 31.2 Å². The number of fused-ring (bicyclic) bond motifs is 3. The average Bonchev–Trinajstić information content (AvgIpc) is 3.31. The van der Waals surface area contributed by atoms with Crippen molar-refractivity contribution in [2.24, 2.45) is 0 Å². The van der Waals surface area contributed by atoms with Crippen LogP contribution in [-0.2, 0) is 6.42 Å². The lowest BCUT2D eigenvalue weighted by Crippen LogP contribution is -2.51. The van der Waals surface area contributed by atoms with E-state index in [1.807, 2.05) is 0 Å². The summed E-state index contributed by atoms with van der Waals surface area (Å²) in [5.41, 5.74) is 0.696. The SMILES string of the molecule is Fc1c(Br)c(F)c2nc(OCC34CCCN3CCC4)nc3c2c1CC[C@@H]1CNCCN31. The molecular weight excluding hydrogens is 468 g/mol. The second-order valence-corrected chi connectivity index (χ2v) is 10.1. The number of nitrogens with one attached hydrogen (secondary N) is 1. The van der Waals surface area contributed by atoms with Crippen LogP contribution in [0.15, 0.2) is 4.47 Å². The Morgan fingerprint density at radius 2 is 1.94 bits per heavy atom. The van der Waals surface area contributed by atoms with Crippen molar-refractivity contribution < 1.29 is 13.5 Å². The summed E-state index contributed by atoms with van der Waals surface area (Å²) in [6, 6.07) is 0.380. The van der Waals surface area contributed by atoms with Gasteiger partial charge in [0.15, 0.2) is 5.82 Å². The molecule has 1 aromatic heterocycles. The molecule has 1 N–H and O–H groups in total. The molecule has 5 heterocycles. The van der Waals surface area contributed by atoms with Gasteiger partial charge in [0.05, 0.1) is 15.4 Å². The summed E-state index contributed by atoms with van der Waals surface area (Å²) >= 11 is 3.11. The summed E-state index contributed by atoms with van der Waals surface area (Å²) in [4.78, 5) is 13.9. The van der Waals surface area contributed by atoms with Gasteiger partial charge in [-0.2, -0.15) is 9.97 Å². The van der Waals surface area contributed by atoms with Gasteiger partial charge in [-0.1, -0.05) is 0 Å². The van der Waals surface area contributed by atoms with Crippen LogP contribution in [0.3, 0.4) is 0 Å². The van der Waals surface area contributed by atoms with E-state index in [-0.39, 0.29) is 27.6 Å². The number of hydrogen-bond acceptors (Lipinski definition) is 6. The number of piperazine rings is 1. The third-order valence-electron chi connectivity index (χ3n) is 7.66. The highest BCUT2D eigenvalue weighted by atomic mass is 79.9. The number of ether oxygens (including phenoxy) is 1. The molecule has 0 radical (unpaired) electrons. The third kappa shape index (κ3) is 3.07. The van der Waals surface area contributed by atoms with Crippen molar-refractivity contribution in [1.82, 2.24) is 20.2 Å². The summed E-state index contributed by atoms with van der Waals surface area (Å²) in [6.07, 6.45) is 5.89. The van der Waals surface area contributed by atoms with E-state index in [1.165, 1.54) is 12.8 Å². The number of aryl methyl sites for hydroxylation is 1. The minimum absolute atomic E-state index is 0.0527. The molecule has 4 aliphatic heterocycles. The maximum atomic E-state index is 15.2. The van der Waals surface area contributed by atoms with Crippen LogP contribution in [0.5, 0.6) is 6.01 Å². The zero-order valence-electron chi connectivity index (χ0n) is 17.4. The highest BCUT2D eigenvalue weighted by molar-refractivity contribution is 9.10. The normalized spacial score (nSPS) is 24.9. The number of hydrogen-bond donors (Lipinski definition) is 1. The Bertz CT molecular complexity index is 1040. The van der Waals surface area contributed by atoms with Gasteiger partial charge in [0.2, 0.25) is 0 Å². The zero-order chi connectivity index (χ0) is 21.2. The number of halogens is 3. The van der Waals surface area contributed by atoms with Crippen LogP contribution in [0.1, 0.15) is 37.7 Å². The molecule has 6 rings (SSSR count). The van der Waals surface area contributed by atoms with Gasteiger partial charge in [-0.15, -0.1) is 0 Å². The highest BCUT2D eigenvalue weighted by Crippen LogP contribution is 2.42. The monoisotopic (exact) mass is 493 g/mol. The third-order valence-corrected chi connectivity index (χ3v) is 8.36. The molecule has 1 atom stereocenters. The van der Waals surface area contributed by atoms with Crippen LogP contribution in [0.2, 0.25) is 0 Å². The fraction of sp³-hybridized carbons (Fsp3) is 0.636. The first-order valence-electron chi connectivity index (χ1n) is 11.3. The molecular formula is C22H26BrF2N5O. The van der Waals surface area contributed by atoms with E-state index >= 15 is 8.78 Å². The quantitative estimate of drug-likeness (QED) is 0.661. The average molecular weight is 494 g/mol.